The van der Waals surface area contributed by atoms with Crippen LogP contribution < -0.4 is 0 Å². The van der Waals surface area contributed by atoms with Crippen molar-refractivity contribution < 1.29 is 4.79 Å². The van der Waals surface area contributed by atoms with Crippen LogP contribution in [0.1, 0.15) is 37.3 Å². The van der Waals surface area contributed by atoms with E-state index in [0.29, 0.717) is 5.92 Å². The molecule has 5 rings (SSSR count). The summed E-state index contributed by atoms with van der Waals surface area (Å²) >= 11 is 0. The van der Waals surface area contributed by atoms with E-state index in [1.54, 1.807) is 6.33 Å². The van der Waals surface area contributed by atoms with Crippen molar-refractivity contribution in [2.75, 3.05) is 13.1 Å². The standard InChI is InChI=1S/C23H24N4O/c1-16(27-15-25-21-8-4-5-9-22(21)27)23(28)26-12-10-17(11-13-26)19-14-24-20-7-3-2-6-18(19)20/h2-9,14-17,24H,10-13H2,1H3. The molecular weight excluding hydrogens is 348 g/mol. The van der Waals surface area contributed by atoms with Gasteiger partial charge in [0, 0.05) is 30.2 Å². The fourth-order valence-corrected chi connectivity index (χ4v) is 4.51. The van der Waals surface area contributed by atoms with Crippen LogP contribution in [0.3, 0.4) is 0 Å². The predicted octanol–water partition coefficient (Wildman–Crippen LogP) is 4.48. The van der Waals surface area contributed by atoms with Crippen LogP contribution in [0.4, 0.5) is 0 Å². The number of piperidine rings is 1. The van der Waals surface area contributed by atoms with Gasteiger partial charge in [0.1, 0.15) is 6.04 Å². The van der Waals surface area contributed by atoms with Gasteiger partial charge < -0.3 is 14.5 Å². The molecule has 2 aromatic heterocycles. The van der Waals surface area contributed by atoms with Crippen molar-refractivity contribution in [1.82, 2.24) is 19.4 Å². The lowest BCUT2D eigenvalue weighted by Gasteiger charge is -2.34. The number of rotatable bonds is 3. The van der Waals surface area contributed by atoms with Crippen LogP contribution in [0.25, 0.3) is 21.9 Å². The van der Waals surface area contributed by atoms with Crippen LogP contribution in [0.2, 0.25) is 0 Å². The first-order valence-electron chi connectivity index (χ1n) is 9.99. The van der Waals surface area contributed by atoms with Gasteiger partial charge in [0.05, 0.1) is 17.4 Å². The second kappa shape index (κ2) is 6.82. The molecule has 0 spiro atoms. The van der Waals surface area contributed by atoms with Gasteiger partial charge in [-0.15, -0.1) is 0 Å². The summed E-state index contributed by atoms with van der Waals surface area (Å²) in [4.78, 5) is 22.9. The van der Waals surface area contributed by atoms with E-state index in [2.05, 4.69) is 40.4 Å². The molecule has 0 aliphatic carbocycles. The fourth-order valence-electron chi connectivity index (χ4n) is 4.51. The van der Waals surface area contributed by atoms with Gasteiger partial charge in [-0.2, -0.15) is 0 Å². The summed E-state index contributed by atoms with van der Waals surface area (Å²) in [6.07, 6.45) is 5.94. The number of amides is 1. The Morgan fingerprint density at radius 1 is 1.11 bits per heavy atom. The third kappa shape index (κ3) is 2.78. The van der Waals surface area contributed by atoms with Crippen molar-refractivity contribution in [3.05, 3.63) is 66.6 Å². The number of hydrogen-bond donors (Lipinski definition) is 1. The van der Waals surface area contributed by atoms with E-state index >= 15 is 0 Å². The lowest BCUT2D eigenvalue weighted by Crippen LogP contribution is -2.41. The maximum atomic E-state index is 13.1. The Balaban J connectivity index is 1.30. The van der Waals surface area contributed by atoms with Gasteiger partial charge >= 0.3 is 0 Å². The molecule has 0 saturated carbocycles. The molecule has 142 valence electrons. The molecular formula is C23H24N4O. The van der Waals surface area contributed by atoms with Crippen LogP contribution in [0.5, 0.6) is 0 Å². The van der Waals surface area contributed by atoms with Gasteiger partial charge in [-0.1, -0.05) is 30.3 Å². The quantitative estimate of drug-likeness (QED) is 0.576. The van der Waals surface area contributed by atoms with E-state index in [-0.39, 0.29) is 11.9 Å². The largest absolute Gasteiger partial charge is 0.361 e. The summed E-state index contributed by atoms with van der Waals surface area (Å²) < 4.78 is 1.99. The van der Waals surface area contributed by atoms with Crippen molar-refractivity contribution in [1.29, 1.82) is 0 Å². The molecule has 2 aromatic carbocycles. The second-order valence-electron chi connectivity index (χ2n) is 7.71. The van der Waals surface area contributed by atoms with Crippen LogP contribution in [0.15, 0.2) is 61.1 Å². The molecule has 1 fully saturated rings. The van der Waals surface area contributed by atoms with E-state index in [0.717, 1.165) is 37.0 Å². The fraction of sp³-hybridized carbons (Fsp3) is 0.304. The minimum Gasteiger partial charge on any atom is -0.361 e. The number of likely N-dealkylation sites (tertiary alicyclic amines) is 1. The molecule has 1 aliphatic heterocycles. The summed E-state index contributed by atoms with van der Waals surface area (Å²) in [6.45, 7) is 3.59. The van der Waals surface area contributed by atoms with Gasteiger partial charge in [0.25, 0.3) is 0 Å². The minimum atomic E-state index is -0.239. The topological polar surface area (TPSA) is 53.9 Å². The maximum absolute atomic E-state index is 13.1. The highest BCUT2D eigenvalue weighted by Gasteiger charge is 2.28. The number of nitrogens with one attached hydrogen (secondary N) is 1. The molecule has 1 amide bonds. The average molecular weight is 372 g/mol. The molecule has 1 N–H and O–H groups in total. The van der Waals surface area contributed by atoms with E-state index < -0.39 is 0 Å². The Hall–Kier alpha value is -3.08. The summed E-state index contributed by atoms with van der Waals surface area (Å²) in [5.41, 5.74) is 4.52. The summed E-state index contributed by atoms with van der Waals surface area (Å²) in [7, 11) is 0. The van der Waals surface area contributed by atoms with Gasteiger partial charge in [-0.3, -0.25) is 4.79 Å². The SMILES string of the molecule is CC(C(=O)N1CCC(c2c[nH]c3ccccc23)CC1)n1cnc2ccccc21. The number of imidazole rings is 1. The van der Waals surface area contributed by atoms with Gasteiger partial charge in [0.2, 0.25) is 5.91 Å². The van der Waals surface area contributed by atoms with Crippen LogP contribution >= 0.6 is 0 Å². The van der Waals surface area contributed by atoms with E-state index in [1.807, 2.05) is 40.7 Å². The van der Waals surface area contributed by atoms with Crippen LogP contribution in [0, 0.1) is 0 Å². The van der Waals surface area contributed by atoms with E-state index in [4.69, 9.17) is 0 Å². The number of aromatic nitrogens is 3. The highest BCUT2D eigenvalue weighted by atomic mass is 16.2. The summed E-state index contributed by atoms with van der Waals surface area (Å²) in [5, 5.41) is 1.31. The van der Waals surface area contributed by atoms with Crippen molar-refractivity contribution in [3.8, 4) is 0 Å². The third-order valence-electron chi connectivity index (χ3n) is 6.12. The smallest absolute Gasteiger partial charge is 0.245 e. The molecule has 5 nitrogen and oxygen atoms in total. The Kier molecular flexibility index (Phi) is 4.15. The molecule has 3 heterocycles. The second-order valence-corrected chi connectivity index (χ2v) is 7.71. The van der Waals surface area contributed by atoms with Gasteiger partial charge in [0.15, 0.2) is 0 Å². The molecule has 1 aliphatic rings. The first kappa shape index (κ1) is 17.0. The molecule has 1 unspecified atom stereocenters. The number of benzene rings is 2. The van der Waals surface area contributed by atoms with E-state index in [9.17, 15) is 4.79 Å². The number of nitrogens with zero attached hydrogens (tertiary/aromatic N) is 3. The predicted molar refractivity (Wildman–Crippen MR) is 111 cm³/mol. The van der Waals surface area contributed by atoms with Crippen molar-refractivity contribution in [2.24, 2.45) is 0 Å². The number of fused-ring (bicyclic) bond motifs is 2. The highest BCUT2D eigenvalue weighted by Crippen LogP contribution is 2.33. The highest BCUT2D eigenvalue weighted by molar-refractivity contribution is 5.85. The normalized spacial score (nSPS) is 16.7. The lowest BCUT2D eigenvalue weighted by molar-refractivity contribution is -0.135. The number of carbonyl (C=O) groups is 1. The number of aromatic amines is 1. The number of para-hydroxylation sites is 3. The first-order chi connectivity index (χ1) is 13.7. The third-order valence-corrected chi connectivity index (χ3v) is 6.12. The number of carbonyl (C=O) groups excluding carboxylic acids is 1. The Morgan fingerprint density at radius 3 is 2.71 bits per heavy atom. The molecule has 0 radical (unpaired) electrons. The minimum absolute atomic E-state index is 0.181. The molecule has 4 aromatic rings. The summed E-state index contributed by atoms with van der Waals surface area (Å²) in [5.74, 6) is 0.685. The van der Waals surface area contributed by atoms with Crippen LogP contribution in [-0.4, -0.2) is 38.4 Å². The van der Waals surface area contributed by atoms with Crippen molar-refractivity contribution >= 4 is 27.8 Å². The Morgan fingerprint density at radius 2 is 1.86 bits per heavy atom. The molecule has 28 heavy (non-hydrogen) atoms. The van der Waals surface area contributed by atoms with Crippen LogP contribution in [-0.2, 0) is 4.79 Å². The summed E-state index contributed by atoms with van der Waals surface area (Å²) in [6, 6.07) is 16.2. The van der Waals surface area contributed by atoms with E-state index in [1.165, 1.54) is 16.5 Å². The molecule has 1 atom stereocenters. The number of hydrogen-bond acceptors (Lipinski definition) is 2. The monoisotopic (exact) mass is 372 g/mol. The zero-order valence-electron chi connectivity index (χ0n) is 16.0. The van der Waals surface area contributed by atoms with Crippen molar-refractivity contribution in [3.63, 3.8) is 0 Å². The first-order valence-corrected chi connectivity index (χ1v) is 9.99. The van der Waals surface area contributed by atoms with Crippen molar-refractivity contribution in [2.45, 2.75) is 31.7 Å². The average Bonchev–Trinajstić information content (AvgIpc) is 3.37. The molecule has 0 bridgehead atoms. The molecule has 5 heteroatoms. The Bertz CT molecular complexity index is 1130. The number of H-pyrrole nitrogens is 1. The van der Waals surface area contributed by atoms with Gasteiger partial charge in [-0.05, 0) is 49.4 Å². The Labute approximate surface area is 164 Å². The lowest BCUT2D eigenvalue weighted by atomic mass is 9.89. The maximum Gasteiger partial charge on any atom is 0.245 e. The molecule has 1 saturated heterocycles. The van der Waals surface area contributed by atoms with Gasteiger partial charge in [-0.25, -0.2) is 4.98 Å². The zero-order valence-corrected chi connectivity index (χ0v) is 16.0. The zero-order chi connectivity index (χ0) is 19.1.